The van der Waals surface area contributed by atoms with Crippen LogP contribution in [0.3, 0.4) is 0 Å². The molecule has 2 aromatic rings. The molecule has 2 aliphatic heterocycles. The molecule has 2 aromatic carbocycles. The van der Waals surface area contributed by atoms with Crippen molar-refractivity contribution in [3.63, 3.8) is 0 Å². The number of fused-ring (bicyclic) bond motifs is 1. The van der Waals surface area contributed by atoms with Crippen molar-refractivity contribution in [2.45, 2.75) is 38.4 Å². The summed E-state index contributed by atoms with van der Waals surface area (Å²) in [6.07, 6.45) is -5.80. The molecule has 0 spiro atoms. The summed E-state index contributed by atoms with van der Waals surface area (Å²) in [7, 11) is 0. The molecule has 0 saturated carbocycles. The van der Waals surface area contributed by atoms with E-state index in [4.69, 9.17) is 4.74 Å². The van der Waals surface area contributed by atoms with Crippen molar-refractivity contribution in [1.82, 2.24) is 10.2 Å². The number of amides is 4. The number of imide groups is 1. The van der Waals surface area contributed by atoms with E-state index in [0.717, 1.165) is 6.07 Å². The van der Waals surface area contributed by atoms with E-state index in [1.54, 1.807) is 12.1 Å². The second-order valence-corrected chi connectivity index (χ2v) is 7.78. The minimum absolute atomic E-state index is 0.122. The molecule has 4 rings (SSSR count). The Morgan fingerprint density at radius 3 is 2.63 bits per heavy atom. The molecule has 2 aliphatic rings. The fourth-order valence-corrected chi connectivity index (χ4v) is 3.78. The molecular weight excluding hydrogens is 478 g/mol. The smallest absolute Gasteiger partial charge is 0.444 e. The fraction of sp³-hybridized carbons (Fsp3) is 0.273. The molecule has 2 N–H and O–H groups in total. The normalized spacial score (nSPS) is 17.7. The summed E-state index contributed by atoms with van der Waals surface area (Å²) in [5.74, 6) is -3.09. The highest BCUT2D eigenvalue weighted by atomic mass is 19.4. The third kappa shape index (κ3) is 5.50. The number of nitrogens with one attached hydrogen (secondary N) is 2. The molecule has 0 radical (unpaired) electrons. The number of alkyl halides is 3. The summed E-state index contributed by atoms with van der Waals surface area (Å²) in [5.41, 5.74) is 0.781. The molecule has 0 unspecified atom stereocenters. The van der Waals surface area contributed by atoms with Crippen molar-refractivity contribution >= 4 is 29.5 Å². The van der Waals surface area contributed by atoms with E-state index in [2.05, 4.69) is 10.1 Å². The van der Waals surface area contributed by atoms with Gasteiger partial charge in [-0.15, -0.1) is 13.2 Å². The highest BCUT2D eigenvalue weighted by Crippen LogP contribution is 2.29. The van der Waals surface area contributed by atoms with Crippen LogP contribution in [-0.4, -0.2) is 41.1 Å². The van der Waals surface area contributed by atoms with Crippen LogP contribution >= 0.6 is 0 Å². The van der Waals surface area contributed by atoms with Gasteiger partial charge < -0.3 is 14.4 Å². The van der Waals surface area contributed by atoms with Gasteiger partial charge in [0.15, 0.2) is 0 Å². The lowest BCUT2D eigenvalue weighted by Gasteiger charge is -2.29. The van der Waals surface area contributed by atoms with E-state index in [0.29, 0.717) is 28.8 Å². The third-order valence-corrected chi connectivity index (χ3v) is 5.37. The van der Waals surface area contributed by atoms with Gasteiger partial charge in [0.05, 0.1) is 5.69 Å². The topological polar surface area (TPSA) is 114 Å². The molecule has 0 aromatic heterocycles. The van der Waals surface area contributed by atoms with Gasteiger partial charge >= 0.3 is 12.5 Å². The highest BCUT2D eigenvalue weighted by Gasteiger charge is 2.39. The molecule has 13 heteroatoms. The zero-order chi connectivity index (χ0) is 25.3. The van der Waals surface area contributed by atoms with Gasteiger partial charge in [-0.3, -0.25) is 25.0 Å². The molecule has 1 saturated heterocycles. The molecule has 2 heterocycles. The molecular formula is C22H17F4N3O6. The zero-order valence-electron chi connectivity index (χ0n) is 17.8. The van der Waals surface area contributed by atoms with Crippen LogP contribution in [0.4, 0.5) is 28.0 Å². The molecule has 0 aliphatic carbocycles. The number of hydrogen-bond acceptors (Lipinski definition) is 6. The minimum atomic E-state index is -4.99. The molecule has 35 heavy (non-hydrogen) atoms. The Bertz CT molecular complexity index is 1220. The first kappa shape index (κ1) is 24.0. The second kappa shape index (κ2) is 9.24. The molecule has 4 amide bonds. The largest absolute Gasteiger partial charge is 0.573 e. The van der Waals surface area contributed by atoms with Crippen LogP contribution in [0.5, 0.6) is 5.75 Å². The lowest BCUT2D eigenvalue weighted by molar-refractivity contribution is -0.274. The van der Waals surface area contributed by atoms with Crippen molar-refractivity contribution in [3.05, 3.63) is 58.9 Å². The van der Waals surface area contributed by atoms with E-state index >= 15 is 0 Å². The summed E-state index contributed by atoms with van der Waals surface area (Å²) in [6.45, 7) is -0.150. The number of ether oxygens (including phenoxy) is 2. The summed E-state index contributed by atoms with van der Waals surface area (Å²) in [4.78, 5) is 49.7. The van der Waals surface area contributed by atoms with Gasteiger partial charge in [-0.25, -0.2) is 9.18 Å². The van der Waals surface area contributed by atoms with E-state index in [-0.39, 0.29) is 26.0 Å². The van der Waals surface area contributed by atoms with Crippen molar-refractivity contribution in [2.75, 3.05) is 5.32 Å². The van der Waals surface area contributed by atoms with Crippen LogP contribution in [0.2, 0.25) is 0 Å². The molecule has 0 bridgehead atoms. The average molecular weight is 495 g/mol. The summed E-state index contributed by atoms with van der Waals surface area (Å²) in [5, 5.41) is 4.21. The van der Waals surface area contributed by atoms with Gasteiger partial charge in [-0.05, 0) is 35.7 Å². The van der Waals surface area contributed by atoms with Crippen LogP contribution in [0.25, 0.3) is 0 Å². The van der Waals surface area contributed by atoms with Gasteiger partial charge in [0.2, 0.25) is 11.8 Å². The third-order valence-electron chi connectivity index (χ3n) is 5.37. The number of piperidine rings is 1. The number of carbonyl (C=O) groups excluding carboxylic acids is 4. The predicted octanol–water partition coefficient (Wildman–Crippen LogP) is 3.23. The van der Waals surface area contributed by atoms with Gasteiger partial charge in [0.1, 0.15) is 24.2 Å². The predicted molar refractivity (Wildman–Crippen MR) is 109 cm³/mol. The standard InChI is InChI=1S/C22H17F4N3O6/c23-15-4-3-13(35-22(24,25)26)8-16(15)27-21(33)34-10-11-1-2-12-9-29(20(32)14(12)7-11)17-5-6-18(30)28-19(17)31/h1-4,7-8,17H,5-6,9-10H2,(H,27,33)(H,28,30,31)/t17-/m0/s1. The van der Waals surface area contributed by atoms with Crippen LogP contribution in [0.15, 0.2) is 36.4 Å². The summed E-state index contributed by atoms with van der Waals surface area (Å²) in [6, 6.07) is 6.02. The highest BCUT2D eigenvalue weighted by molar-refractivity contribution is 6.05. The first-order valence-electron chi connectivity index (χ1n) is 10.3. The lowest BCUT2D eigenvalue weighted by Crippen LogP contribution is -2.52. The van der Waals surface area contributed by atoms with Crippen molar-refractivity contribution in [1.29, 1.82) is 0 Å². The maximum absolute atomic E-state index is 13.9. The van der Waals surface area contributed by atoms with E-state index < -0.39 is 53.5 Å². The van der Waals surface area contributed by atoms with Crippen LogP contribution in [0.1, 0.15) is 34.3 Å². The number of halogens is 4. The van der Waals surface area contributed by atoms with Gasteiger partial charge in [-0.2, -0.15) is 0 Å². The number of hydrogen-bond donors (Lipinski definition) is 2. The monoisotopic (exact) mass is 495 g/mol. The van der Waals surface area contributed by atoms with E-state index in [1.165, 1.54) is 11.0 Å². The first-order chi connectivity index (χ1) is 16.5. The first-order valence-corrected chi connectivity index (χ1v) is 10.3. The average Bonchev–Trinajstić information content (AvgIpc) is 3.09. The van der Waals surface area contributed by atoms with Gasteiger partial charge in [0.25, 0.3) is 5.91 Å². The van der Waals surface area contributed by atoms with E-state index in [9.17, 15) is 36.7 Å². The Balaban J connectivity index is 1.38. The fourth-order valence-electron chi connectivity index (χ4n) is 3.78. The number of rotatable bonds is 5. The number of carbonyl (C=O) groups is 4. The summed E-state index contributed by atoms with van der Waals surface area (Å²) >= 11 is 0. The zero-order valence-corrected chi connectivity index (χ0v) is 17.8. The Morgan fingerprint density at radius 1 is 1.14 bits per heavy atom. The summed E-state index contributed by atoms with van der Waals surface area (Å²) < 4.78 is 59.6. The Kier molecular flexibility index (Phi) is 6.33. The number of benzene rings is 2. The quantitative estimate of drug-likeness (QED) is 0.487. The van der Waals surface area contributed by atoms with Crippen molar-refractivity contribution < 1.29 is 46.2 Å². The Labute approximate surface area is 195 Å². The Morgan fingerprint density at radius 2 is 1.91 bits per heavy atom. The van der Waals surface area contributed by atoms with Gasteiger partial charge in [0, 0.05) is 24.6 Å². The maximum Gasteiger partial charge on any atom is 0.573 e. The Hall–Kier alpha value is -4.16. The molecule has 184 valence electrons. The van der Waals surface area contributed by atoms with Crippen LogP contribution < -0.4 is 15.4 Å². The SMILES string of the molecule is O=C1CC[C@H](N2Cc3ccc(COC(=O)Nc4cc(OC(F)(F)F)ccc4F)cc3C2=O)C(=O)N1. The van der Waals surface area contributed by atoms with E-state index in [1.807, 2.05) is 5.32 Å². The van der Waals surface area contributed by atoms with Crippen molar-refractivity contribution in [3.8, 4) is 5.75 Å². The van der Waals surface area contributed by atoms with Crippen molar-refractivity contribution in [2.24, 2.45) is 0 Å². The number of nitrogens with zero attached hydrogens (tertiary/aromatic N) is 1. The number of anilines is 1. The maximum atomic E-state index is 13.9. The molecule has 1 atom stereocenters. The van der Waals surface area contributed by atoms with Gasteiger partial charge in [-0.1, -0.05) is 12.1 Å². The van der Waals surface area contributed by atoms with Crippen LogP contribution in [-0.2, 0) is 27.5 Å². The lowest BCUT2D eigenvalue weighted by atomic mass is 10.0. The molecule has 9 nitrogen and oxygen atoms in total. The second-order valence-electron chi connectivity index (χ2n) is 7.78. The molecule has 1 fully saturated rings. The minimum Gasteiger partial charge on any atom is -0.444 e. The van der Waals surface area contributed by atoms with Crippen LogP contribution in [0, 0.1) is 5.82 Å².